The van der Waals surface area contributed by atoms with Crippen LogP contribution in [0.2, 0.25) is 0 Å². The first-order chi connectivity index (χ1) is 35.3. The van der Waals surface area contributed by atoms with Crippen LogP contribution in [0.4, 0.5) is 11.6 Å². The number of anilines is 2. The van der Waals surface area contributed by atoms with Crippen LogP contribution in [0, 0.1) is 5.92 Å². The number of nitrogens with zero attached hydrogens (tertiary/aromatic N) is 3. The fourth-order valence-electron chi connectivity index (χ4n) is 7.60. The quantitative estimate of drug-likeness (QED) is 0.0306. The van der Waals surface area contributed by atoms with E-state index in [2.05, 4.69) is 30.6 Å². The number of aliphatic hydroxyl groups excluding tert-OH is 1. The molecule has 1 aromatic carbocycles. The lowest BCUT2D eigenvalue weighted by atomic mass is 10.0. The first kappa shape index (κ1) is 60.5. The third-order valence-corrected chi connectivity index (χ3v) is 13.4. The molecule has 2 saturated heterocycles. The van der Waals surface area contributed by atoms with Gasteiger partial charge in [-0.1, -0.05) is 6.92 Å². The van der Waals surface area contributed by atoms with Gasteiger partial charge in [-0.05, 0) is 57.4 Å². The number of nitrogen functional groups attached to an aromatic ring is 1. The molecule has 0 bridgehead atoms. The van der Waals surface area contributed by atoms with Crippen LogP contribution in [-0.2, 0) is 71.8 Å². The average molecular weight is 1090 g/mol. The molecule has 4 heterocycles. The Morgan fingerprint density at radius 2 is 1.45 bits per heavy atom. The number of hydrogen-bond acceptors (Lipinski definition) is 22. The third kappa shape index (κ3) is 21.3. The van der Waals surface area contributed by atoms with Gasteiger partial charge in [0.25, 0.3) is 11.5 Å². The number of ether oxygens (including phenoxy) is 6. The van der Waals surface area contributed by atoms with E-state index in [1.165, 1.54) is 18.3 Å². The van der Waals surface area contributed by atoms with Gasteiger partial charge < -0.3 is 64.8 Å². The number of carboxylic acid groups (broad SMARTS) is 1. The molecule has 0 aliphatic carbocycles. The summed E-state index contributed by atoms with van der Waals surface area (Å²) in [4.78, 5) is 84.7. The number of hydrogen-bond donors (Lipinski definition) is 8. The number of aliphatic carboxylic acids is 1. The van der Waals surface area contributed by atoms with E-state index < -0.39 is 82.9 Å². The van der Waals surface area contributed by atoms with Crippen molar-refractivity contribution in [2.45, 2.75) is 115 Å². The Balaban J connectivity index is 0.820. The second-order valence-electron chi connectivity index (χ2n) is 17.8. The Morgan fingerprint density at radius 3 is 2.09 bits per heavy atom. The number of amides is 1. The highest BCUT2D eigenvalue weighted by Crippen LogP contribution is 2.50. The minimum absolute atomic E-state index is 0.0182. The molecule has 27 nitrogen and oxygen atoms in total. The summed E-state index contributed by atoms with van der Waals surface area (Å²) in [6.45, 7) is 6.87. The van der Waals surface area contributed by atoms with Crippen LogP contribution in [0.5, 0.6) is 0 Å². The van der Waals surface area contributed by atoms with Crippen LogP contribution in [0.3, 0.4) is 0 Å². The topological polar surface area (TPSA) is 380 Å². The van der Waals surface area contributed by atoms with Crippen molar-refractivity contribution >= 4 is 56.1 Å². The smallest absolute Gasteiger partial charge is 0.472 e. The Labute approximate surface area is 427 Å². The summed E-state index contributed by atoms with van der Waals surface area (Å²) in [7, 11) is -9.17. The second-order valence-corrected chi connectivity index (χ2v) is 20.6. The lowest BCUT2D eigenvalue weighted by molar-refractivity contribution is -0.139. The van der Waals surface area contributed by atoms with Crippen molar-refractivity contribution < 1.29 is 90.0 Å². The number of aromatic amines is 1. The number of aromatic nitrogens is 4. The molecule has 414 valence electrons. The molecular formula is C45H69N7O20P2. The molecule has 0 radical (unpaired) electrons. The van der Waals surface area contributed by atoms with E-state index in [4.69, 9.17) is 52.2 Å². The number of carbonyl (C=O) groups is 3. The first-order valence-corrected chi connectivity index (χ1v) is 27.2. The number of phosphoric ester groups is 2. The summed E-state index contributed by atoms with van der Waals surface area (Å²) in [5, 5.41) is 24.7. The lowest BCUT2D eigenvalue weighted by Crippen LogP contribution is -2.41. The number of rotatable bonds is 36. The van der Waals surface area contributed by atoms with Gasteiger partial charge in [0.2, 0.25) is 5.95 Å². The molecule has 2 aliphatic heterocycles. The Kier molecular flexibility index (Phi) is 24.8. The summed E-state index contributed by atoms with van der Waals surface area (Å²) in [5.74, 6) is -2.34. The Bertz CT molecular complexity index is 2410. The SMILES string of the molecule is CC(COCCOCCOCCOCCCCC(=O)CCC(NC(=O)c1ccc(NCc2cnc3nc(N)[nH]c(=O)c3n2)cc1)C(=O)O)COP(=O)(O)O[C@@H]1C[C@H](C)O[C@@H]1COP(=O)(O)O[C@@H]1C[C@H](C)O[C@@H]1CO. The number of carboxylic acids is 1. The molecule has 3 aromatic rings. The van der Waals surface area contributed by atoms with Crippen LogP contribution in [-0.4, -0.2) is 173 Å². The molecule has 2 aromatic heterocycles. The number of ketones is 1. The molecule has 10 atom stereocenters. The van der Waals surface area contributed by atoms with Gasteiger partial charge in [0.1, 0.15) is 36.2 Å². The number of H-pyrrole nitrogens is 1. The largest absolute Gasteiger partial charge is 0.480 e. The Morgan fingerprint density at radius 1 is 0.838 bits per heavy atom. The predicted molar refractivity (Wildman–Crippen MR) is 262 cm³/mol. The minimum Gasteiger partial charge on any atom is -0.480 e. The number of fused-ring (bicyclic) bond motifs is 1. The summed E-state index contributed by atoms with van der Waals surface area (Å²) in [6, 6.07) is 5.04. The molecule has 2 fully saturated rings. The molecular weight excluding hydrogens is 1020 g/mol. The first-order valence-electron chi connectivity index (χ1n) is 24.2. The number of benzene rings is 1. The maximum atomic E-state index is 12.8. The van der Waals surface area contributed by atoms with Crippen LogP contribution >= 0.6 is 15.6 Å². The maximum absolute atomic E-state index is 12.8. The number of carbonyl (C=O) groups excluding carboxylic acids is 2. The van der Waals surface area contributed by atoms with Gasteiger partial charge in [0.05, 0.1) is 96.7 Å². The minimum atomic E-state index is -4.60. The molecule has 5 rings (SSSR count). The van der Waals surface area contributed by atoms with Crippen LogP contribution in [0.25, 0.3) is 11.2 Å². The van der Waals surface area contributed by atoms with Gasteiger partial charge in [-0.3, -0.25) is 37.5 Å². The van der Waals surface area contributed by atoms with E-state index in [1.807, 2.05) is 0 Å². The summed E-state index contributed by atoms with van der Waals surface area (Å²) in [5.41, 5.74) is 6.50. The van der Waals surface area contributed by atoms with E-state index in [1.54, 1.807) is 32.9 Å². The summed E-state index contributed by atoms with van der Waals surface area (Å²) >= 11 is 0. The fraction of sp³-hybridized carbons (Fsp3) is 0.667. The summed E-state index contributed by atoms with van der Waals surface area (Å²) in [6.07, 6.45) is -0.983. The second kappa shape index (κ2) is 30.4. The van der Waals surface area contributed by atoms with Crippen molar-refractivity contribution in [3.8, 4) is 0 Å². The van der Waals surface area contributed by atoms with Crippen molar-refractivity contribution in [2.24, 2.45) is 5.92 Å². The number of nitrogens with one attached hydrogen (secondary N) is 3. The van der Waals surface area contributed by atoms with E-state index >= 15 is 0 Å². The van der Waals surface area contributed by atoms with Crippen molar-refractivity contribution in [2.75, 3.05) is 83.7 Å². The van der Waals surface area contributed by atoms with Gasteiger partial charge in [0.15, 0.2) is 11.2 Å². The monoisotopic (exact) mass is 1090 g/mol. The number of unbranched alkanes of at least 4 members (excludes halogenated alkanes) is 1. The Hall–Kier alpha value is -4.41. The zero-order valence-electron chi connectivity index (χ0n) is 41.6. The number of phosphoric acid groups is 2. The van der Waals surface area contributed by atoms with Crippen molar-refractivity contribution in [3.05, 3.63) is 52.1 Å². The molecule has 74 heavy (non-hydrogen) atoms. The van der Waals surface area contributed by atoms with E-state index in [9.17, 15) is 48.3 Å². The van der Waals surface area contributed by atoms with Crippen molar-refractivity contribution in [3.63, 3.8) is 0 Å². The molecule has 1 amide bonds. The zero-order chi connectivity index (χ0) is 53.7. The van der Waals surface area contributed by atoms with Crippen LogP contribution in [0.1, 0.15) is 81.8 Å². The van der Waals surface area contributed by atoms with E-state index in [0.717, 1.165) is 0 Å². The molecule has 0 spiro atoms. The highest BCUT2D eigenvalue weighted by atomic mass is 31.2. The molecule has 29 heteroatoms. The molecule has 9 N–H and O–H groups in total. The van der Waals surface area contributed by atoms with Gasteiger partial charge in [-0.15, -0.1) is 0 Å². The number of nitrogens with two attached hydrogens (primary N) is 1. The summed E-state index contributed by atoms with van der Waals surface area (Å²) < 4.78 is 79.6. The van der Waals surface area contributed by atoms with E-state index in [0.29, 0.717) is 57.3 Å². The molecule has 0 saturated carbocycles. The average Bonchev–Trinajstić information content (AvgIpc) is 3.89. The van der Waals surface area contributed by atoms with E-state index in [-0.39, 0.29) is 106 Å². The van der Waals surface area contributed by atoms with Crippen LogP contribution < -0.4 is 21.9 Å². The fourth-order valence-corrected chi connectivity index (χ4v) is 9.63. The highest BCUT2D eigenvalue weighted by molar-refractivity contribution is 7.47. The van der Waals surface area contributed by atoms with Gasteiger partial charge in [0, 0.05) is 49.5 Å². The third-order valence-electron chi connectivity index (χ3n) is 11.3. The standard InChI is InChI=1S/C45H69N7O20P2/c1-28(26-67-73(59,60)72-37-21-30(3)70-39(37)27-68-74(61,62)71-36-20-29(2)69-38(36)24-53)25-66-19-18-65-17-16-64-15-14-63-13-5-4-6-34(54)11-12-35(44(57)58)50-42(55)31-7-9-32(10-8-31)47-22-33-23-48-41-40(49-33)43(56)52-45(46)51-41/h7-10,23,28-30,35-39,47,53H,4-6,11-22,24-27H2,1-3H3,(H,50,55)(H,57,58)(H,59,60)(H,61,62)(H3,46,48,51,52,56)/t28?,29-,30-,35?,36+,37+,38+,39+/m0/s1. The number of aliphatic hydroxyl groups is 1. The van der Waals surface area contributed by atoms with Gasteiger partial charge >= 0.3 is 21.6 Å². The highest BCUT2D eigenvalue weighted by Gasteiger charge is 2.43. The zero-order valence-corrected chi connectivity index (χ0v) is 43.4. The normalized spacial score (nSPS) is 22.2. The van der Waals surface area contributed by atoms with Crippen molar-refractivity contribution in [1.82, 2.24) is 25.3 Å². The van der Waals surface area contributed by atoms with Gasteiger partial charge in [-0.2, -0.15) is 4.98 Å². The maximum Gasteiger partial charge on any atom is 0.472 e. The molecule has 2 aliphatic rings. The lowest BCUT2D eigenvalue weighted by Gasteiger charge is -2.24. The van der Waals surface area contributed by atoms with Gasteiger partial charge in [-0.25, -0.2) is 23.9 Å². The molecule has 4 unspecified atom stereocenters. The van der Waals surface area contributed by atoms with Crippen LogP contribution in [0.15, 0.2) is 35.3 Å². The predicted octanol–water partition coefficient (Wildman–Crippen LogP) is 2.66. The van der Waals surface area contributed by atoms with Crippen molar-refractivity contribution in [1.29, 1.82) is 0 Å². The number of Topliss-reactive ketones (excluding diaryl/α,β-unsaturated/α-hetero) is 1.